The molecular weight excluding hydrogens is 192 g/mol. The Labute approximate surface area is 81.7 Å². The third-order valence-electron chi connectivity index (χ3n) is 2.17. The van der Waals surface area contributed by atoms with E-state index < -0.39 is 30.7 Å². The van der Waals surface area contributed by atoms with Gasteiger partial charge >= 0.3 is 0 Å². The molecule has 0 bridgehead atoms. The number of ether oxygens (including phenoxy) is 2. The summed E-state index contributed by atoms with van der Waals surface area (Å²) in [6.45, 7) is 2.29. The van der Waals surface area contributed by atoms with Gasteiger partial charge in [-0.3, -0.25) is 0 Å². The highest BCUT2D eigenvalue weighted by molar-refractivity contribution is 4.88. The van der Waals surface area contributed by atoms with Crippen LogP contribution in [0.5, 0.6) is 0 Å². The lowest BCUT2D eigenvalue weighted by atomic mass is 9.99. The number of aliphatic hydroxyl groups excluding tert-OH is 4. The summed E-state index contributed by atoms with van der Waals surface area (Å²) in [5.74, 6) is 0. The Morgan fingerprint density at radius 3 is 2.29 bits per heavy atom. The third kappa shape index (κ3) is 2.41. The first-order valence-electron chi connectivity index (χ1n) is 4.53. The predicted molar refractivity (Wildman–Crippen MR) is 45.4 cm³/mol. The van der Waals surface area contributed by atoms with E-state index in [1.807, 2.05) is 0 Å². The summed E-state index contributed by atoms with van der Waals surface area (Å²) in [6, 6.07) is 0. The van der Waals surface area contributed by atoms with Gasteiger partial charge in [-0.1, -0.05) is 0 Å². The zero-order valence-corrected chi connectivity index (χ0v) is 7.91. The quantitative estimate of drug-likeness (QED) is 0.421. The summed E-state index contributed by atoms with van der Waals surface area (Å²) in [5.41, 5.74) is 0. The van der Waals surface area contributed by atoms with Crippen LogP contribution in [0.2, 0.25) is 0 Å². The second kappa shape index (κ2) is 5.01. The Balaban J connectivity index is 2.52. The first kappa shape index (κ1) is 11.8. The molecule has 5 atom stereocenters. The van der Waals surface area contributed by atoms with Gasteiger partial charge in [-0.15, -0.1) is 0 Å². The molecule has 1 rings (SSSR count). The molecule has 1 heterocycles. The summed E-state index contributed by atoms with van der Waals surface area (Å²) in [6.07, 6.45) is -6.45. The molecule has 0 amide bonds. The molecule has 0 aromatic rings. The molecule has 0 unspecified atom stereocenters. The smallest absolute Gasteiger partial charge is 0.184 e. The molecule has 0 radical (unpaired) electrons. The van der Waals surface area contributed by atoms with Gasteiger partial charge in [0, 0.05) is 6.61 Å². The zero-order chi connectivity index (χ0) is 10.7. The Morgan fingerprint density at radius 1 is 1.07 bits per heavy atom. The van der Waals surface area contributed by atoms with Crippen molar-refractivity contribution in [3.63, 3.8) is 0 Å². The SMILES string of the molecule is CCOC[C@H]1O[C@H](O)[C@H](O)[C@@H](O)[C@H]1O. The van der Waals surface area contributed by atoms with Gasteiger partial charge in [-0.05, 0) is 6.92 Å². The Morgan fingerprint density at radius 2 is 1.71 bits per heavy atom. The van der Waals surface area contributed by atoms with Crippen LogP contribution in [0, 0.1) is 0 Å². The van der Waals surface area contributed by atoms with Crippen molar-refractivity contribution in [2.75, 3.05) is 13.2 Å². The molecule has 14 heavy (non-hydrogen) atoms. The first-order valence-corrected chi connectivity index (χ1v) is 4.53. The van der Waals surface area contributed by atoms with Crippen molar-refractivity contribution in [1.82, 2.24) is 0 Å². The summed E-state index contributed by atoms with van der Waals surface area (Å²) >= 11 is 0. The highest BCUT2D eigenvalue weighted by Gasteiger charge is 2.42. The highest BCUT2D eigenvalue weighted by atomic mass is 16.6. The molecule has 1 aliphatic heterocycles. The summed E-state index contributed by atoms with van der Waals surface area (Å²) in [7, 11) is 0. The minimum absolute atomic E-state index is 0.0680. The molecule has 6 heteroatoms. The van der Waals surface area contributed by atoms with Crippen molar-refractivity contribution in [3.05, 3.63) is 0 Å². The van der Waals surface area contributed by atoms with Crippen LogP contribution in [-0.4, -0.2) is 64.3 Å². The van der Waals surface area contributed by atoms with Crippen molar-refractivity contribution in [2.24, 2.45) is 0 Å². The summed E-state index contributed by atoms with van der Waals surface area (Å²) in [4.78, 5) is 0. The van der Waals surface area contributed by atoms with Crippen molar-refractivity contribution in [1.29, 1.82) is 0 Å². The molecule has 0 aromatic heterocycles. The standard InChI is InChI=1S/C8H16O6/c1-2-13-3-4-5(9)6(10)7(11)8(12)14-4/h4-12H,2-3H2,1H3/t4-,5+,6+,7-,8+/m1/s1. The van der Waals surface area contributed by atoms with E-state index in [4.69, 9.17) is 19.7 Å². The lowest BCUT2D eigenvalue weighted by Crippen LogP contribution is -2.58. The molecule has 0 saturated carbocycles. The van der Waals surface area contributed by atoms with Gasteiger partial charge in [0.2, 0.25) is 0 Å². The van der Waals surface area contributed by atoms with Crippen molar-refractivity contribution in [2.45, 2.75) is 37.6 Å². The van der Waals surface area contributed by atoms with E-state index in [1.54, 1.807) is 6.92 Å². The summed E-state index contributed by atoms with van der Waals surface area (Å²) in [5, 5.41) is 37.0. The molecule has 0 spiro atoms. The Bertz CT molecular complexity index is 175. The van der Waals surface area contributed by atoms with Gasteiger partial charge in [0.25, 0.3) is 0 Å². The minimum atomic E-state index is -1.49. The minimum Gasteiger partial charge on any atom is -0.387 e. The van der Waals surface area contributed by atoms with Gasteiger partial charge in [-0.2, -0.15) is 0 Å². The van der Waals surface area contributed by atoms with Crippen molar-refractivity contribution >= 4 is 0 Å². The van der Waals surface area contributed by atoms with Crippen molar-refractivity contribution < 1.29 is 29.9 Å². The second-order valence-corrected chi connectivity index (χ2v) is 3.20. The number of rotatable bonds is 3. The average molecular weight is 208 g/mol. The molecule has 4 N–H and O–H groups in total. The predicted octanol–water partition coefficient (Wildman–Crippen LogP) is -2.18. The van der Waals surface area contributed by atoms with Gasteiger partial charge in [0.1, 0.15) is 24.4 Å². The topological polar surface area (TPSA) is 99.4 Å². The van der Waals surface area contributed by atoms with Crippen LogP contribution in [0.1, 0.15) is 6.92 Å². The number of aliphatic hydroxyl groups is 4. The maximum Gasteiger partial charge on any atom is 0.184 e. The van der Waals surface area contributed by atoms with Crippen LogP contribution in [0.15, 0.2) is 0 Å². The van der Waals surface area contributed by atoms with Crippen LogP contribution in [-0.2, 0) is 9.47 Å². The van der Waals surface area contributed by atoms with Crippen molar-refractivity contribution in [3.8, 4) is 0 Å². The summed E-state index contributed by atoms with van der Waals surface area (Å²) < 4.78 is 9.84. The molecule has 0 aromatic carbocycles. The van der Waals surface area contributed by atoms with E-state index in [0.29, 0.717) is 6.61 Å². The van der Waals surface area contributed by atoms with E-state index in [0.717, 1.165) is 0 Å². The molecular formula is C8H16O6. The van der Waals surface area contributed by atoms with Crippen LogP contribution < -0.4 is 0 Å². The molecule has 0 aliphatic carbocycles. The van der Waals surface area contributed by atoms with E-state index in [9.17, 15) is 10.2 Å². The maximum absolute atomic E-state index is 9.43. The van der Waals surface area contributed by atoms with Crippen LogP contribution in [0.4, 0.5) is 0 Å². The van der Waals surface area contributed by atoms with Gasteiger partial charge in [0.15, 0.2) is 6.29 Å². The largest absolute Gasteiger partial charge is 0.387 e. The molecule has 84 valence electrons. The normalized spacial score (nSPS) is 43.9. The fourth-order valence-electron chi connectivity index (χ4n) is 1.30. The highest BCUT2D eigenvalue weighted by Crippen LogP contribution is 2.19. The number of hydrogen-bond acceptors (Lipinski definition) is 6. The Kier molecular flexibility index (Phi) is 4.24. The third-order valence-corrected chi connectivity index (χ3v) is 2.17. The molecule has 1 saturated heterocycles. The van der Waals surface area contributed by atoms with Crippen LogP contribution in [0.25, 0.3) is 0 Å². The fraction of sp³-hybridized carbons (Fsp3) is 1.00. The molecule has 6 nitrogen and oxygen atoms in total. The van der Waals surface area contributed by atoms with E-state index in [2.05, 4.69) is 0 Å². The van der Waals surface area contributed by atoms with Crippen LogP contribution >= 0.6 is 0 Å². The lowest BCUT2D eigenvalue weighted by molar-refractivity contribution is -0.288. The fourth-order valence-corrected chi connectivity index (χ4v) is 1.30. The zero-order valence-electron chi connectivity index (χ0n) is 7.91. The van der Waals surface area contributed by atoms with E-state index in [1.165, 1.54) is 0 Å². The van der Waals surface area contributed by atoms with Crippen LogP contribution in [0.3, 0.4) is 0 Å². The Hall–Kier alpha value is -0.240. The average Bonchev–Trinajstić information content (AvgIpc) is 2.18. The van der Waals surface area contributed by atoms with Gasteiger partial charge in [0.05, 0.1) is 6.61 Å². The van der Waals surface area contributed by atoms with E-state index in [-0.39, 0.29) is 6.61 Å². The van der Waals surface area contributed by atoms with Gasteiger partial charge < -0.3 is 29.9 Å². The lowest BCUT2D eigenvalue weighted by Gasteiger charge is -2.38. The second-order valence-electron chi connectivity index (χ2n) is 3.20. The number of hydrogen-bond donors (Lipinski definition) is 4. The monoisotopic (exact) mass is 208 g/mol. The van der Waals surface area contributed by atoms with Gasteiger partial charge in [-0.25, -0.2) is 0 Å². The molecule has 1 fully saturated rings. The molecule has 1 aliphatic rings. The first-order chi connectivity index (χ1) is 6.57. The maximum atomic E-state index is 9.43. The van der Waals surface area contributed by atoms with E-state index >= 15 is 0 Å².